The Kier molecular flexibility index (Phi) is 5.69. The molecule has 0 radical (unpaired) electrons. The predicted octanol–water partition coefficient (Wildman–Crippen LogP) is 5.76. The number of hydrogen-bond acceptors (Lipinski definition) is 4. The Labute approximate surface area is 182 Å². The smallest absolute Gasteiger partial charge is 0.325 e. The van der Waals surface area contributed by atoms with Gasteiger partial charge in [-0.1, -0.05) is 70.0 Å². The molecule has 6 heteroatoms. The van der Waals surface area contributed by atoms with Crippen molar-refractivity contribution in [2.45, 2.75) is 6.04 Å². The molecule has 0 saturated carbocycles. The summed E-state index contributed by atoms with van der Waals surface area (Å²) in [6.45, 7) is 0.0477. The highest BCUT2D eigenvalue weighted by Crippen LogP contribution is 2.42. The van der Waals surface area contributed by atoms with Crippen LogP contribution in [0.25, 0.3) is 0 Å². The van der Waals surface area contributed by atoms with Crippen molar-refractivity contribution < 1.29 is 9.53 Å². The molecule has 29 heavy (non-hydrogen) atoms. The minimum Gasteiger partial charge on any atom is -0.468 e. The summed E-state index contributed by atoms with van der Waals surface area (Å²) in [6.07, 6.45) is 0. The molecule has 1 heterocycles. The fraction of sp³-hybridized carbons (Fsp3) is 0.130. The van der Waals surface area contributed by atoms with Gasteiger partial charge in [0.1, 0.15) is 12.4 Å². The molecule has 0 fully saturated rings. The Morgan fingerprint density at radius 3 is 2.55 bits per heavy atom. The van der Waals surface area contributed by atoms with Gasteiger partial charge in [0, 0.05) is 15.6 Å². The SMILES string of the molecule is COC(=O)CN1C(c2ccccc2Cl)=Nc2ccc(Br)cc2C1c1ccccc1. The zero-order valence-electron chi connectivity index (χ0n) is 15.7. The number of carbonyl (C=O) groups excluding carboxylic acids is 1. The molecule has 1 atom stereocenters. The fourth-order valence-electron chi connectivity index (χ4n) is 3.54. The summed E-state index contributed by atoms with van der Waals surface area (Å²) in [5.74, 6) is 0.300. The number of rotatable bonds is 4. The van der Waals surface area contributed by atoms with E-state index in [9.17, 15) is 4.79 Å². The van der Waals surface area contributed by atoms with Gasteiger partial charge >= 0.3 is 5.97 Å². The molecule has 0 aromatic heterocycles. The lowest BCUT2D eigenvalue weighted by molar-refractivity contribution is -0.141. The second kappa shape index (κ2) is 8.39. The van der Waals surface area contributed by atoms with Crippen LogP contribution in [-0.2, 0) is 9.53 Å². The van der Waals surface area contributed by atoms with Crippen LogP contribution in [0, 0.1) is 0 Å². The van der Waals surface area contributed by atoms with E-state index in [2.05, 4.69) is 28.1 Å². The molecule has 0 spiro atoms. The number of benzene rings is 3. The van der Waals surface area contributed by atoms with Crippen LogP contribution in [0.5, 0.6) is 0 Å². The number of halogens is 2. The molecule has 3 aromatic rings. The molecular formula is C23H18BrClN2O2. The number of fused-ring (bicyclic) bond motifs is 1. The lowest BCUT2D eigenvalue weighted by Gasteiger charge is -2.38. The van der Waals surface area contributed by atoms with Crippen molar-refractivity contribution in [3.63, 3.8) is 0 Å². The van der Waals surface area contributed by atoms with Gasteiger partial charge in [-0.25, -0.2) is 4.99 Å². The van der Waals surface area contributed by atoms with Crippen LogP contribution in [-0.4, -0.2) is 30.4 Å². The van der Waals surface area contributed by atoms with Crippen LogP contribution in [0.2, 0.25) is 5.02 Å². The molecule has 0 aliphatic carbocycles. The molecule has 0 N–H and O–H groups in total. The van der Waals surface area contributed by atoms with Gasteiger partial charge in [-0.15, -0.1) is 0 Å². The van der Waals surface area contributed by atoms with Crippen molar-refractivity contribution in [1.29, 1.82) is 0 Å². The van der Waals surface area contributed by atoms with E-state index in [1.807, 2.05) is 65.6 Å². The molecule has 1 unspecified atom stereocenters. The van der Waals surface area contributed by atoms with Gasteiger partial charge in [0.25, 0.3) is 0 Å². The molecule has 3 aromatic carbocycles. The van der Waals surface area contributed by atoms with E-state index in [0.29, 0.717) is 10.9 Å². The Morgan fingerprint density at radius 1 is 1.10 bits per heavy atom. The molecule has 0 bridgehead atoms. The topological polar surface area (TPSA) is 41.9 Å². The van der Waals surface area contributed by atoms with Crippen LogP contribution in [0.1, 0.15) is 22.7 Å². The Morgan fingerprint density at radius 2 is 1.83 bits per heavy atom. The van der Waals surface area contributed by atoms with Gasteiger partial charge in [-0.2, -0.15) is 0 Å². The van der Waals surface area contributed by atoms with E-state index < -0.39 is 0 Å². The lowest BCUT2D eigenvalue weighted by Crippen LogP contribution is -2.42. The first-order valence-corrected chi connectivity index (χ1v) is 10.3. The van der Waals surface area contributed by atoms with Crippen molar-refractivity contribution in [3.05, 3.63) is 99.0 Å². The monoisotopic (exact) mass is 468 g/mol. The molecule has 1 aliphatic heterocycles. The molecule has 4 rings (SSSR count). The first-order valence-electron chi connectivity index (χ1n) is 9.10. The standard InChI is InChI=1S/C23H18BrClN2O2/c1-29-21(28)14-27-22(15-7-3-2-4-8-15)18-13-16(24)11-12-20(18)26-23(27)17-9-5-6-10-19(17)25/h2-13,22H,14H2,1H3. The van der Waals surface area contributed by atoms with Gasteiger partial charge in [0.05, 0.1) is 23.9 Å². The second-order valence-corrected chi connectivity index (χ2v) is 7.96. The third kappa shape index (κ3) is 3.93. The van der Waals surface area contributed by atoms with Crippen LogP contribution >= 0.6 is 27.5 Å². The van der Waals surface area contributed by atoms with E-state index >= 15 is 0 Å². The zero-order valence-corrected chi connectivity index (χ0v) is 18.0. The molecule has 0 amide bonds. The average Bonchev–Trinajstić information content (AvgIpc) is 2.74. The highest BCUT2D eigenvalue weighted by atomic mass is 79.9. The number of carbonyl (C=O) groups is 1. The summed E-state index contributed by atoms with van der Waals surface area (Å²) in [4.78, 5) is 19.2. The van der Waals surface area contributed by atoms with Crippen LogP contribution in [0.4, 0.5) is 5.69 Å². The summed E-state index contributed by atoms with van der Waals surface area (Å²) in [5, 5.41) is 0.577. The summed E-state index contributed by atoms with van der Waals surface area (Å²) in [6, 6.07) is 23.3. The fourth-order valence-corrected chi connectivity index (χ4v) is 4.14. The van der Waals surface area contributed by atoms with E-state index in [-0.39, 0.29) is 18.6 Å². The predicted molar refractivity (Wildman–Crippen MR) is 119 cm³/mol. The maximum atomic E-state index is 12.3. The van der Waals surface area contributed by atoms with Gasteiger partial charge in [-0.05, 0) is 35.9 Å². The normalized spacial score (nSPS) is 15.5. The van der Waals surface area contributed by atoms with Gasteiger partial charge in [0.15, 0.2) is 0 Å². The molecule has 0 saturated heterocycles. The van der Waals surface area contributed by atoms with Crippen molar-refractivity contribution >= 4 is 45.0 Å². The molecule has 1 aliphatic rings. The average molecular weight is 470 g/mol. The third-order valence-corrected chi connectivity index (χ3v) is 5.67. The lowest BCUT2D eigenvalue weighted by atomic mass is 9.93. The van der Waals surface area contributed by atoms with Crippen molar-refractivity contribution in [2.24, 2.45) is 4.99 Å². The number of nitrogens with zero attached hydrogens (tertiary/aromatic N) is 2. The Bertz CT molecular complexity index is 1090. The van der Waals surface area contributed by atoms with Gasteiger partial charge in [-0.3, -0.25) is 4.79 Å². The van der Waals surface area contributed by atoms with E-state index in [4.69, 9.17) is 21.3 Å². The second-order valence-electron chi connectivity index (χ2n) is 6.64. The maximum absolute atomic E-state index is 12.3. The number of hydrogen-bond donors (Lipinski definition) is 0. The van der Waals surface area contributed by atoms with Crippen molar-refractivity contribution in [2.75, 3.05) is 13.7 Å². The highest BCUT2D eigenvalue weighted by molar-refractivity contribution is 9.10. The first kappa shape index (κ1) is 19.7. The molecule has 4 nitrogen and oxygen atoms in total. The number of aliphatic imine (C=N–C) groups is 1. The van der Waals surface area contributed by atoms with Crippen LogP contribution in [0.15, 0.2) is 82.3 Å². The highest BCUT2D eigenvalue weighted by Gasteiger charge is 2.34. The number of methoxy groups -OCH3 is 1. The number of ether oxygens (including phenoxy) is 1. The van der Waals surface area contributed by atoms with Crippen molar-refractivity contribution in [3.8, 4) is 0 Å². The summed E-state index contributed by atoms with van der Waals surface area (Å²) >= 11 is 10.1. The molecular weight excluding hydrogens is 452 g/mol. The van der Waals surface area contributed by atoms with Crippen LogP contribution in [0.3, 0.4) is 0 Å². The molecule has 146 valence electrons. The zero-order chi connectivity index (χ0) is 20.4. The Balaban J connectivity index is 1.97. The van der Waals surface area contributed by atoms with Crippen molar-refractivity contribution in [1.82, 2.24) is 4.90 Å². The summed E-state index contributed by atoms with van der Waals surface area (Å²) in [5.41, 5.74) is 3.67. The van der Waals surface area contributed by atoms with Gasteiger partial charge in [0.2, 0.25) is 0 Å². The summed E-state index contributed by atoms with van der Waals surface area (Å²) < 4.78 is 5.94. The number of amidine groups is 1. The minimum atomic E-state index is -0.343. The number of esters is 1. The van der Waals surface area contributed by atoms with Gasteiger partial charge < -0.3 is 9.64 Å². The Hall–Kier alpha value is -2.63. The van der Waals surface area contributed by atoms with E-state index in [1.165, 1.54) is 7.11 Å². The minimum absolute atomic E-state index is 0.0477. The third-order valence-electron chi connectivity index (χ3n) is 4.85. The largest absolute Gasteiger partial charge is 0.468 e. The maximum Gasteiger partial charge on any atom is 0.325 e. The van der Waals surface area contributed by atoms with Crippen LogP contribution < -0.4 is 0 Å². The summed E-state index contributed by atoms with van der Waals surface area (Å²) in [7, 11) is 1.39. The first-order chi connectivity index (χ1) is 14.1. The van der Waals surface area contributed by atoms with E-state index in [1.54, 1.807) is 0 Å². The quantitative estimate of drug-likeness (QED) is 0.456. The van der Waals surface area contributed by atoms with E-state index in [0.717, 1.165) is 26.9 Å².